The molecule has 3 aromatic carbocycles. The van der Waals surface area contributed by atoms with Crippen molar-refractivity contribution in [1.29, 1.82) is 0 Å². The predicted octanol–water partition coefficient (Wildman–Crippen LogP) is 10.4. The highest BCUT2D eigenvalue weighted by molar-refractivity contribution is 6.13. The van der Waals surface area contributed by atoms with E-state index >= 15 is 4.39 Å². The monoisotopic (exact) mass is 546 g/mol. The third kappa shape index (κ3) is 4.78. The van der Waals surface area contributed by atoms with E-state index < -0.39 is 0 Å². The van der Waals surface area contributed by atoms with E-state index in [4.69, 9.17) is 4.42 Å². The number of hydrogen-bond donors (Lipinski definition) is 0. The molecule has 2 saturated carbocycles. The van der Waals surface area contributed by atoms with Crippen LogP contribution >= 0.6 is 0 Å². The molecule has 3 heteroatoms. The maximum atomic E-state index is 15.6. The summed E-state index contributed by atoms with van der Waals surface area (Å²) in [7, 11) is 2.07. The number of furan rings is 1. The average molecular weight is 547 g/mol. The molecule has 2 aromatic heterocycles. The number of fused-ring (bicyclic) bond motifs is 3. The van der Waals surface area contributed by atoms with Crippen molar-refractivity contribution in [2.45, 2.75) is 77.6 Å². The Morgan fingerprint density at radius 2 is 1.34 bits per heavy atom. The lowest BCUT2D eigenvalue weighted by Gasteiger charge is -2.36. The highest BCUT2D eigenvalue weighted by Gasteiger charge is 2.29. The highest BCUT2D eigenvalue weighted by Crippen LogP contribution is 2.44. The first-order chi connectivity index (χ1) is 20.0. The zero-order chi connectivity index (χ0) is 28.1. The van der Waals surface area contributed by atoms with Gasteiger partial charge in [0.15, 0.2) is 6.20 Å². The van der Waals surface area contributed by atoms with Gasteiger partial charge >= 0.3 is 0 Å². The Kier molecular flexibility index (Phi) is 6.93. The van der Waals surface area contributed by atoms with Crippen molar-refractivity contribution in [3.63, 3.8) is 0 Å². The third-order valence-electron chi connectivity index (χ3n) is 10.3. The fourth-order valence-electron chi connectivity index (χ4n) is 8.02. The molecule has 0 atom stereocenters. The second-order valence-corrected chi connectivity index (χ2v) is 12.9. The summed E-state index contributed by atoms with van der Waals surface area (Å²) in [5.41, 5.74) is 8.78. The third-order valence-corrected chi connectivity index (χ3v) is 10.3. The van der Waals surface area contributed by atoms with Crippen molar-refractivity contribution in [2.24, 2.45) is 18.9 Å². The molecule has 2 aliphatic rings. The van der Waals surface area contributed by atoms with Gasteiger partial charge in [0, 0.05) is 22.4 Å². The molecule has 2 heterocycles. The van der Waals surface area contributed by atoms with Crippen LogP contribution in [0.5, 0.6) is 0 Å². The summed E-state index contributed by atoms with van der Waals surface area (Å²) in [6, 6.07) is 20.7. The lowest BCUT2D eigenvalue weighted by Crippen LogP contribution is -2.31. The molecule has 0 N–H and O–H groups in total. The quantitative estimate of drug-likeness (QED) is 0.205. The van der Waals surface area contributed by atoms with Gasteiger partial charge in [0.2, 0.25) is 5.69 Å². The van der Waals surface area contributed by atoms with E-state index in [0.29, 0.717) is 17.1 Å². The number of halogens is 1. The molecule has 0 unspecified atom stereocenters. The van der Waals surface area contributed by atoms with Crippen LogP contribution in [0.4, 0.5) is 4.39 Å². The lowest BCUT2D eigenvalue weighted by molar-refractivity contribution is -0.660. The molecule has 210 valence electrons. The topological polar surface area (TPSA) is 17.0 Å². The van der Waals surface area contributed by atoms with Gasteiger partial charge in [-0.05, 0) is 92.2 Å². The number of pyridine rings is 1. The molecule has 0 amide bonds. The molecular weight excluding hydrogens is 505 g/mol. The number of aryl methyl sites for hydroxylation is 3. The Balaban J connectivity index is 1.23. The Morgan fingerprint density at radius 1 is 0.683 bits per heavy atom. The van der Waals surface area contributed by atoms with E-state index in [-0.39, 0.29) is 5.82 Å². The number of benzene rings is 3. The van der Waals surface area contributed by atoms with E-state index in [0.717, 1.165) is 50.6 Å². The Hall–Kier alpha value is -3.46. The fourth-order valence-corrected chi connectivity index (χ4v) is 8.02. The van der Waals surface area contributed by atoms with E-state index in [2.05, 4.69) is 80.2 Å². The summed E-state index contributed by atoms with van der Waals surface area (Å²) in [5.74, 6) is 2.28. The number of hydrogen-bond acceptors (Lipinski definition) is 1. The minimum atomic E-state index is -0.239. The van der Waals surface area contributed by atoms with Crippen molar-refractivity contribution in [1.82, 2.24) is 0 Å². The Morgan fingerprint density at radius 3 is 2.05 bits per heavy atom. The van der Waals surface area contributed by atoms with Gasteiger partial charge in [-0.2, -0.15) is 0 Å². The number of rotatable bonds is 4. The number of nitrogens with zero attached hydrogens (tertiary/aromatic N) is 1. The second-order valence-electron chi connectivity index (χ2n) is 12.9. The van der Waals surface area contributed by atoms with Gasteiger partial charge in [0.05, 0.1) is 11.1 Å². The van der Waals surface area contributed by atoms with Crippen molar-refractivity contribution in [2.75, 3.05) is 0 Å². The summed E-state index contributed by atoms with van der Waals surface area (Å²) < 4.78 is 24.3. The Labute approximate surface area is 243 Å². The van der Waals surface area contributed by atoms with Gasteiger partial charge in [0.1, 0.15) is 24.0 Å². The molecule has 2 fully saturated rings. The largest absolute Gasteiger partial charge is 0.454 e. The summed E-state index contributed by atoms with van der Waals surface area (Å²) in [4.78, 5) is 0. The Bertz CT molecular complexity index is 1720. The molecular formula is C38H41FNO+. The summed E-state index contributed by atoms with van der Waals surface area (Å²) in [5, 5.41) is 1.98. The molecule has 7 rings (SSSR count). The van der Waals surface area contributed by atoms with Crippen LogP contribution in [0.1, 0.15) is 80.4 Å². The maximum absolute atomic E-state index is 15.6. The second kappa shape index (κ2) is 10.7. The molecule has 0 radical (unpaired) electrons. The van der Waals surface area contributed by atoms with Gasteiger partial charge < -0.3 is 4.42 Å². The first-order valence-corrected chi connectivity index (χ1v) is 15.7. The zero-order valence-electron chi connectivity index (χ0n) is 24.7. The molecule has 0 spiro atoms. The van der Waals surface area contributed by atoms with Gasteiger partial charge in [-0.1, -0.05) is 68.5 Å². The molecule has 0 bridgehead atoms. The van der Waals surface area contributed by atoms with Gasteiger partial charge in [-0.3, -0.25) is 0 Å². The van der Waals surface area contributed by atoms with Crippen LogP contribution in [0.25, 0.3) is 44.3 Å². The van der Waals surface area contributed by atoms with Crippen molar-refractivity contribution < 1.29 is 13.4 Å². The molecule has 5 aromatic rings. The fraction of sp³-hybridized carbons (Fsp3) is 0.395. The molecule has 41 heavy (non-hydrogen) atoms. The smallest absolute Gasteiger partial charge is 0.216 e. The van der Waals surface area contributed by atoms with Crippen molar-refractivity contribution in [3.8, 4) is 22.4 Å². The molecule has 2 nitrogen and oxygen atoms in total. The lowest BCUT2D eigenvalue weighted by atomic mass is 9.70. The summed E-state index contributed by atoms with van der Waals surface area (Å²) in [6.07, 6.45) is 14.6. The van der Waals surface area contributed by atoms with E-state index in [1.807, 2.05) is 6.07 Å². The van der Waals surface area contributed by atoms with Gasteiger partial charge in [-0.25, -0.2) is 8.96 Å². The molecule has 0 saturated heterocycles. The van der Waals surface area contributed by atoms with Crippen LogP contribution in [-0.2, 0) is 7.05 Å². The van der Waals surface area contributed by atoms with Crippen LogP contribution in [-0.4, -0.2) is 0 Å². The average Bonchev–Trinajstić information content (AvgIpc) is 3.37. The summed E-state index contributed by atoms with van der Waals surface area (Å²) in [6.45, 7) is 4.21. The van der Waals surface area contributed by atoms with E-state index in [1.54, 1.807) is 6.07 Å². The van der Waals surface area contributed by atoms with Crippen LogP contribution in [0.15, 0.2) is 71.3 Å². The minimum absolute atomic E-state index is 0.239. The van der Waals surface area contributed by atoms with E-state index in [9.17, 15) is 0 Å². The van der Waals surface area contributed by atoms with Crippen LogP contribution in [0.2, 0.25) is 0 Å². The predicted molar refractivity (Wildman–Crippen MR) is 166 cm³/mol. The SMILES string of the molecule is Cc1ccc(-c2c(C)ccc3c2oc2c(-c4ccc(C5CCC(C6CCCCC6)CC5)cc4)c(F)ccc23)[n+](C)c1. The number of aromatic nitrogens is 1. The zero-order valence-corrected chi connectivity index (χ0v) is 24.7. The first kappa shape index (κ1) is 26.4. The minimum Gasteiger partial charge on any atom is -0.454 e. The first-order valence-electron chi connectivity index (χ1n) is 15.7. The molecule has 0 aliphatic heterocycles. The van der Waals surface area contributed by atoms with E-state index in [1.165, 1.54) is 68.9 Å². The maximum Gasteiger partial charge on any atom is 0.216 e. The summed E-state index contributed by atoms with van der Waals surface area (Å²) >= 11 is 0. The van der Waals surface area contributed by atoms with Crippen molar-refractivity contribution in [3.05, 3.63) is 89.4 Å². The van der Waals surface area contributed by atoms with Crippen LogP contribution < -0.4 is 4.57 Å². The standard InChI is InChI=1S/C38H41FNO/c1-24-9-22-34(40(3)23-24)35-25(2)10-19-31-32-20-21-33(39)36(38(32)41-37(31)35)30-17-15-29(16-18-30)28-13-11-27(12-14-28)26-7-5-4-6-8-26/h9-10,15-23,26-28H,4-8,11-14H2,1-3H3/q+1. The molecule has 2 aliphatic carbocycles. The van der Waals surface area contributed by atoms with Crippen molar-refractivity contribution >= 4 is 21.9 Å². The van der Waals surface area contributed by atoms with Gasteiger partial charge in [-0.15, -0.1) is 0 Å². The highest BCUT2D eigenvalue weighted by atomic mass is 19.1. The van der Waals surface area contributed by atoms with Gasteiger partial charge in [0.25, 0.3) is 0 Å². The van der Waals surface area contributed by atoms with Crippen LogP contribution in [0.3, 0.4) is 0 Å². The van der Waals surface area contributed by atoms with Crippen LogP contribution in [0, 0.1) is 31.5 Å². The normalized spacial score (nSPS) is 20.2.